The Balaban J connectivity index is 1.88. The summed E-state index contributed by atoms with van der Waals surface area (Å²) in [6.45, 7) is 5.23. The number of urea groups is 1. The Morgan fingerprint density at radius 3 is 2.52 bits per heavy atom. The molecule has 0 aliphatic carbocycles. The first-order valence-electron chi connectivity index (χ1n) is 8.31. The zero-order chi connectivity index (χ0) is 18.1. The fourth-order valence-corrected chi connectivity index (χ4v) is 2.32. The fourth-order valence-electron chi connectivity index (χ4n) is 2.32. The molecule has 0 unspecified atom stereocenters. The van der Waals surface area contributed by atoms with Crippen LogP contribution in [0.15, 0.2) is 42.5 Å². The van der Waals surface area contributed by atoms with Gasteiger partial charge in [0, 0.05) is 18.3 Å². The van der Waals surface area contributed by atoms with E-state index < -0.39 is 0 Å². The summed E-state index contributed by atoms with van der Waals surface area (Å²) in [7, 11) is 0. The highest BCUT2D eigenvalue weighted by Gasteiger charge is 2.08. The van der Waals surface area contributed by atoms with Crippen molar-refractivity contribution in [3.05, 3.63) is 53.8 Å². The van der Waals surface area contributed by atoms with E-state index in [0.29, 0.717) is 43.4 Å². The number of amides is 2. The van der Waals surface area contributed by atoms with Crippen LogP contribution in [0.4, 0.5) is 14.9 Å². The third-order valence-electron chi connectivity index (χ3n) is 3.39. The van der Waals surface area contributed by atoms with Gasteiger partial charge in [-0.15, -0.1) is 0 Å². The predicted molar refractivity (Wildman–Crippen MR) is 95.9 cm³/mol. The molecule has 0 saturated carbocycles. The lowest BCUT2D eigenvalue weighted by Gasteiger charge is -2.13. The van der Waals surface area contributed by atoms with Gasteiger partial charge in [0.2, 0.25) is 0 Å². The van der Waals surface area contributed by atoms with Gasteiger partial charge in [0.05, 0.1) is 13.2 Å². The summed E-state index contributed by atoms with van der Waals surface area (Å²) in [6, 6.07) is 11.2. The first kappa shape index (κ1) is 18.6. The minimum atomic E-state index is -0.331. The minimum Gasteiger partial charge on any atom is -0.490 e. The summed E-state index contributed by atoms with van der Waals surface area (Å²) in [4.78, 5) is 12.0. The van der Waals surface area contributed by atoms with Crippen LogP contribution in [-0.2, 0) is 6.42 Å². The maximum Gasteiger partial charge on any atom is 0.319 e. The average Bonchev–Trinajstić information content (AvgIpc) is 2.58. The molecule has 0 aliphatic rings. The van der Waals surface area contributed by atoms with Gasteiger partial charge < -0.3 is 20.1 Å². The molecule has 2 aromatic carbocycles. The summed E-state index contributed by atoms with van der Waals surface area (Å²) in [5.41, 5.74) is 1.44. The quantitative estimate of drug-likeness (QED) is 0.760. The molecule has 2 amide bonds. The summed E-state index contributed by atoms with van der Waals surface area (Å²) < 4.78 is 24.1. The Hall–Kier alpha value is -2.76. The van der Waals surface area contributed by atoms with E-state index in [1.807, 2.05) is 19.9 Å². The van der Waals surface area contributed by atoms with Crippen LogP contribution in [0.1, 0.15) is 19.4 Å². The molecule has 25 heavy (non-hydrogen) atoms. The van der Waals surface area contributed by atoms with Crippen molar-refractivity contribution < 1.29 is 18.7 Å². The molecule has 0 atom stereocenters. The zero-order valence-electron chi connectivity index (χ0n) is 14.5. The Bertz CT molecular complexity index is 707. The standard InChI is InChI=1S/C19H23FN2O3/c1-3-24-17-9-8-16(13-18(17)25-4-2)22-19(23)21-11-10-14-6-5-7-15(20)12-14/h5-9,12-13H,3-4,10-11H2,1-2H3,(H2,21,22,23). The highest BCUT2D eigenvalue weighted by Crippen LogP contribution is 2.30. The van der Waals surface area contributed by atoms with Crippen LogP contribution in [0, 0.1) is 5.82 Å². The van der Waals surface area contributed by atoms with Crippen molar-refractivity contribution in [2.45, 2.75) is 20.3 Å². The second kappa shape index (κ2) is 9.52. The Labute approximate surface area is 147 Å². The van der Waals surface area contributed by atoms with E-state index in [9.17, 15) is 9.18 Å². The zero-order valence-corrected chi connectivity index (χ0v) is 14.5. The number of anilines is 1. The first-order valence-corrected chi connectivity index (χ1v) is 8.31. The van der Waals surface area contributed by atoms with Gasteiger partial charge in [-0.05, 0) is 50.1 Å². The van der Waals surface area contributed by atoms with Crippen LogP contribution in [0.2, 0.25) is 0 Å². The molecule has 0 aromatic heterocycles. The molecule has 0 fully saturated rings. The van der Waals surface area contributed by atoms with Gasteiger partial charge in [-0.2, -0.15) is 0 Å². The highest BCUT2D eigenvalue weighted by molar-refractivity contribution is 5.89. The number of rotatable bonds is 8. The molecule has 0 saturated heterocycles. The van der Waals surface area contributed by atoms with Crippen molar-refractivity contribution in [1.82, 2.24) is 5.32 Å². The molecule has 0 heterocycles. The Morgan fingerprint density at radius 2 is 1.80 bits per heavy atom. The molecule has 2 N–H and O–H groups in total. The molecule has 5 nitrogen and oxygen atoms in total. The third kappa shape index (κ3) is 5.99. The summed E-state index contributed by atoms with van der Waals surface area (Å²) in [5.74, 6) is 0.947. The highest BCUT2D eigenvalue weighted by atomic mass is 19.1. The van der Waals surface area contributed by atoms with Crippen molar-refractivity contribution in [1.29, 1.82) is 0 Å². The molecule has 0 aliphatic heterocycles. The molecule has 0 radical (unpaired) electrons. The molecule has 0 spiro atoms. The molecular weight excluding hydrogens is 323 g/mol. The maximum absolute atomic E-state index is 13.1. The minimum absolute atomic E-state index is 0.278. The fraction of sp³-hybridized carbons (Fsp3) is 0.316. The molecule has 134 valence electrons. The van der Waals surface area contributed by atoms with Crippen molar-refractivity contribution in [3.63, 3.8) is 0 Å². The molecule has 0 bridgehead atoms. The van der Waals surface area contributed by atoms with E-state index in [-0.39, 0.29) is 11.8 Å². The predicted octanol–water partition coefficient (Wildman–Crippen LogP) is 3.99. The van der Waals surface area contributed by atoms with Crippen LogP contribution in [-0.4, -0.2) is 25.8 Å². The van der Waals surface area contributed by atoms with E-state index in [1.165, 1.54) is 12.1 Å². The lowest BCUT2D eigenvalue weighted by atomic mass is 10.1. The SMILES string of the molecule is CCOc1ccc(NC(=O)NCCc2cccc(F)c2)cc1OCC. The lowest BCUT2D eigenvalue weighted by Crippen LogP contribution is -2.30. The van der Waals surface area contributed by atoms with E-state index in [0.717, 1.165) is 5.56 Å². The Kier molecular flexibility index (Phi) is 7.07. The monoisotopic (exact) mass is 346 g/mol. The Morgan fingerprint density at radius 1 is 1.04 bits per heavy atom. The van der Waals surface area contributed by atoms with Crippen LogP contribution in [0.25, 0.3) is 0 Å². The van der Waals surface area contributed by atoms with Crippen LogP contribution in [0.3, 0.4) is 0 Å². The topological polar surface area (TPSA) is 59.6 Å². The number of hydrogen-bond acceptors (Lipinski definition) is 3. The number of ether oxygens (including phenoxy) is 2. The van der Waals surface area contributed by atoms with E-state index in [4.69, 9.17) is 9.47 Å². The molecule has 6 heteroatoms. The second-order valence-corrected chi connectivity index (χ2v) is 5.29. The maximum atomic E-state index is 13.1. The van der Waals surface area contributed by atoms with E-state index in [1.54, 1.807) is 24.3 Å². The van der Waals surface area contributed by atoms with Gasteiger partial charge >= 0.3 is 6.03 Å². The van der Waals surface area contributed by atoms with E-state index in [2.05, 4.69) is 10.6 Å². The van der Waals surface area contributed by atoms with Crippen LogP contribution >= 0.6 is 0 Å². The number of nitrogens with one attached hydrogen (secondary N) is 2. The molecular formula is C19H23FN2O3. The number of carbonyl (C=O) groups is 1. The number of carbonyl (C=O) groups excluding carboxylic acids is 1. The van der Waals surface area contributed by atoms with Crippen molar-refractivity contribution in [2.75, 3.05) is 25.1 Å². The molecule has 2 rings (SSSR count). The average molecular weight is 346 g/mol. The van der Waals surface area contributed by atoms with Gasteiger partial charge in [-0.3, -0.25) is 0 Å². The normalized spacial score (nSPS) is 10.2. The first-order chi connectivity index (χ1) is 12.1. The van der Waals surface area contributed by atoms with Crippen LogP contribution in [0.5, 0.6) is 11.5 Å². The van der Waals surface area contributed by atoms with Gasteiger partial charge in [0.15, 0.2) is 11.5 Å². The number of halogens is 1. The van der Waals surface area contributed by atoms with Crippen molar-refractivity contribution in [2.24, 2.45) is 0 Å². The largest absolute Gasteiger partial charge is 0.490 e. The van der Waals surface area contributed by atoms with Gasteiger partial charge in [0.1, 0.15) is 5.82 Å². The summed E-state index contributed by atoms with van der Waals surface area (Å²) >= 11 is 0. The summed E-state index contributed by atoms with van der Waals surface area (Å²) in [5, 5.41) is 5.49. The van der Waals surface area contributed by atoms with Crippen molar-refractivity contribution in [3.8, 4) is 11.5 Å². The van der Waals surface area contributed by atoms with Gasteiger partial charge in [-0.1, -0.05) is 12.1 Å². The third-order valence-corrected chi connectivity index (χ3v) is 3.39. The van der Waals surface area contributed by atoms with Gasteiger partial charge in [-0.25, -0.2) is 9.18 Å². The lowest BCUT2D eigenvalue weighted by molar-refractivity contribution is 0.252. The number of benzene rings is 2. The summed E-state index contributed by atoms with van der Waals surface area (Å²) in [6.07, 6.45) is 0.554. The molecule has 2 aromatic rings. The van der Waals surface area contributed by atoms with Gasteiger partial charge in [0.25, 0.3) is 0 Å². The number of hydrogen-bond donors (Lipinski definition) is 2. The smallest absolute Gasteiger partial charge is 0.319 e. The van der Waals surface area contributed by atoms with Crippen molar-refractivity contribution >= 4 is 11.7 Å². The van der Waals surface area contributed by atoms with E-state index >= 15 is 0 Å². The van der Waals surface area contributed by atoms with Crippen LogP contribution < -0.4 is 20.1 Å². The second-order valence-electron chi connectivity index (χ2n) is 5.29.